The first kappa shape index (κ1) is 24.8. The van der Waals surface area contributed by atoms with Crippen LogP contribution < -0.4 is 0 Å². The fourth-order valence-corrected chi connectivity index (χ4v) is 5.53. The summed E-state index contributed by atoms with van der Waals surface area (Å²) in [5.41, 5.74) is 8.40. The monoisotopic (exact) mass is 552 g/mol. The van der Waals surface area contributed by atoms with Gasteiger partial charge in [0.25, 0.3) is 0 Å². The first-order valence-corrected chi connectivity index (χ1v) is 14.1. The van der Waals surface area contributed by atoms with Gasteiger partial charge in [0, 0.05) is 51.7 Å². The molecule has 0 aliphatic rings. The van der Waals surface area contributed by atoms with Crippen LogP contribution >= 0.6 is 0 Å². The van der Waals surface area contributed by atoms with Crippen molar-refractivity contribution in [2.45, 2.75) is 0 Å². The maximum absolute atomic E-state index is 4.87. The van der Waals surface area contributed by atoms with Crippen molar-refractivity contribution in [2.75, 3.05) is 0 Å². The van der Waals surface area contributed by atoms with Gasteiger partial charge < -0.3 is 4.57 Å². The SMILES string of the molecule is c1ccc(-c2nc(-c3cnc(-c4ccc(-n5c6ccccc6c6ccccc65)cc4)nc3)cc(-c3ccccn3)n2)cc1. The van der Waals surface area contributed by atoms with Gasteiger partial charge in [0.2, 0.25) is 0 Å². The van der Waals surface area contributed by atoms with E-state index < -0.39 is 0 Å². The summed E-state index contributed by atoms with van der Waals surface area (Å²) < 4.78 is 2.30. The summed E-state index contributed by atoms with van der Waals surface area (Å²) in [5, 5.41) is 2.49. The highest BCUT2D eigenvalue weighted by atomic mass is 15.0. The number of rotatable bonds is 5. The van der Waals surface area contributed by atoms with Crippen molar-refractivity contribution in [3.8, 4) is 51.1 Å². The Kier molecular flexibility index (Phi) is 6.01. The highest BCUT2D eigenvalue weighted by Crippen LogP contribution is 2.32. The molecule has 202 valence electrons. The quantitative estimate of drug-likeness (QED) is 0.214. The Balaban J connectivity index is 1.15. The zero-order chi connectivity index (χ0) is 28.6. The fraction of sp³-hybridized carbons (Fsp3) is 0. The minimum Gasteiger partial charge on any atom is -0.309 e. The molecule has 8 rings (SSSR count). The molecule has 4 heterocycles. The zero-order valence-corrected chi connectivity index (χ0v) is 23.0. The zero-order valence-electron chi connectivity index (χ0n) is 23.0. The summed E-state index contributed by atoms with van der Waals surface area (Å²) in [5.74, 6) is 1.28. The predicted octanol–water partition coefficient (Wildman–Crippen LogP) is 8.43. The summed E-state index contributed by atoms with van der Waals surface area (Å²) in [6.45, 7) is 0. The second kappa shape index (κ2) is 10.4. The molecule has 0 unspecified atom stereocenters. The number of benzene rings is 4. The molecule has 6 nitrogen and oxygen atoms in total. The Bertz CT molecular complexity index is 2090. The number of pyridine rings is 1. The van der Waals surface area contributed by atoms with E-state index >= 15 is 0 Å². The summed E-state index contributed by atoms with van der Waals surface area (Å²) in [6.07, 6.45) is 5.41. The lowest BCUT2D eigenvalue weighted by Gasteiger charge is -2.10. The van der Waals surface area contributed by atoms with Gasteiger partial charge in [0.05, 0.1) is 28.1 Å². The Morgan fingerprint density at radius 3 is 1.70 bits per heavy atom. The molecular weight excluding hydrogens is 528 g/mol. The van der Waals surface area contributed by atoms with Crippen LogP contribution in [0, 0.1) is 0 Å². The first-order valence-electron chi connectivity index (χ1n) is 14.1. The standard InChI is InChI=1S/C37H24N6/c1-2-10-25(11-3-1)37-41-32(22-33(42-37)31-14-8-9-21-38-31)27-23-39-36(40-24-27)26-17-19-28(20-18-26)43-34-15-6-4-12-29(34)30-13-5-7-16-35(30)43/h1-24H. The van der Waals surface area contributed by atoms with Crippen LogP contribution in [-0.4, -0.2) is 29.5 Å². The molecule has 43 heavy (non-hydrogen) atoms. The number of hydrogen-bond acceptors (Lipinski definition) is 5. The molecular formula is C37H24N6. The fourth-order valence-electron chi connectivity index (χ4n) is 5.53. The summed E-state index contributed by atoms with van der Waals surface area (Å²) in [6, 6.07) is 43.1. The average molecular weight is 553 g/mol. The Hall–Kier alpha value is -6.01. The maximum atomic E-state index is 4.87. The van der Waals surface area contributed by atoms with Crippen molar-refractivity contribution in [2.24, 2.45) is 0 Å². The van der Waals surface area contributed by atoms with Crippen molar-refractivity contribution in [1.29, 1.82) is 0 Å². The topological polar surface area (TPSA) is 69.4 Å². The van der Waals surface area contributed by atoms with Crippen molar-refractivity contribution < 1.29 is 0 Å². The molecule has 0 aliphatic heterocycles. The third kappa shape index (κ3) is 4.51. The van der Waals surface area contributed by atoms with Gasteiger partial charge in [-0.1, -0.05) is 72.8 Å². The maximum Gasteiger partial charge on any atom is 0.160 e. The van der Waals surface area contributed by atoms with Crippen LogP contribution in [0.15, 0.2) is 146 Å². The van der Waals surface area contributed by atoms with E-state index in [9.17, 15) is 0 Å². The molecule has 6 heteroatoms. The molecule has 0 amide bonds. The van der Waals surface area contributed by atoms with Crippen LogP contribution in [0.1, 0.15) is 0 Å². The van der Waals surface area contributed by atoms with Gasteiger partial charge in [-0.15, -0.1) is 0 Å². The van der Waals surface area contributed by atoms with E-state index in [2.05, 4.69) is 82.3 Å². The van der Waals surface area contributed by atoms with Gasteiger partial charge in [-0.05, 0) is 54.6 Å². The Morgan fingerprint density at radius 2 is 1.02 bits per heavy atom. The van der Waals surface area contributed by atoms with E-state index in [0.29, 0.717) is 11.6 Å². The lowest BCUT2D eigenvalue weighted by Crippen LogP contribution is -1.98. The largest absolute Gasteiger partial charge is 0.309 e. The van der Waals surface area contributed by atoms with Gasteiger partial charge in [-0.25, -0.2) is 19.9 Å². The number of fused-ring (bicyclic) bond motifs is 3. The third-order valence-electron chi connectivity index (χ3n) is 7.60. The van der Waals surface area contributed by atoms with E-state index in [1.807, 2.05) is 67.0 Å². The minimum absolute atomic E-state index is 0.628. The lowest BCUT2D eigenvalue weighted by molar-refractivity contribution is 1.13. The van der Waals surface area contributed by atoms with Crippen molar-refractivity contribution in [3.05, 3.63) is 146 Å². The molecule has 4 aromatic carbocycles. The van der Waals surface area contributed by atoms with Crippen LogP contribution in [0.2, 0.25) is 0 Å². The molecule has 0 fully saturated rings. The molecule has 0 aliphatic carbocycles. The molecule has 4 aromatic heterocycles. The van der Waals surface area contributed by atoms with E-state index in [1.54, 1.807) is 6.20 Å². The third-order valence-corrected chi connectivity index (χ3v) is 7.60. The van der Waals surface area contributed by atoms with E-state index in [4.69, 9.17) is 19.9 Å². The van der Waals surface area contributed by atoms with Gasteiger partial charge >= 0.3 is 0 Å². The van der Waals surface area contributed by atoms with Gasteiger partial charge in [-0.3, -0.25) is 4.98 Å². The molecule has 0 atom stereocenters. The minimum atomic E-state index is 0.628. The Labute approximate surface area is 248 Å². The average Bonchev–Trinajstić information content (AvgIpc) is 3.43. The normalized spacial score (nSPS) is 11.3. The molecule has 0 saturated carbocycles. The molecule has 0 spiro atoms. The van der Waals surface area contributed by atoms with Crippen LogP contribution in [0.25, 0.3) is 72.9 Å². The highest BCUT2D eigenvalue weighted by Gasteiger charge is 2.14. The van der Waals surface area contributed by atoms with Crippen LogP contribution in [0.3, 0.4) is 0 Å². The lowest BCUT2D eigenvalue weighted by atomic mass is 10.1. The van der Waals surface area contributed by atoms with Gasteiger partial charge in [0.15, 0.2) is 11.6 Å². The number of hydrogen-bond donors (Lipinski definition) is 0. The van der Waals surface area contributed by atoms with E-state index in [1.165, 1.54) is 21.8 Å². The molecule has 0 saturated heterocycles. The summed E-state index contributed by atoms with van der Waals surface area (Å²) in [7, 11) is 0. The van der Waals surface area contributed by atoms with Gasteiger partial charge in [-0.2, -0.15) is 0 Å². The molecule has 0 bridgehead atoms. The van der Waals surface area contributed by atoms with E-state index in [-0.39, 0.29) is 0 Å². The van der Waals surface area contributed by atoms with Crippen LogP contribution in [0.5, 0.6) is 0 Å². The number of aromatic nitrogens is 6. The number of para-hydroxylation sites is 2. The molecule has 8 aromatic rings. The Morgan fingerprint density at radius 1 is 0.419 bits per heavy atom. The van der Waals surface area contributed by atoms with E-state index in [0.717, 1.165) is 39.5 Å². The second-order valence-electron chi connectivity index (χ2n) is 10.3. The van der Waals surface area contributed by atoms with Crippen molar-refractivity contribution in [3.63, 3.8) is 0 Å². The van der Waals surface area contributed by atoms with Crippen molar-refractivity contribution >= 4 is 21.8 Å². The number of nitrogens with zero attached hydrogens (tertiary/aromatic N) is 6. The van der Waals surface area contributed by atoms with Crippen LogP contribution in [0.4, 0.5) is 0 Å². The molecule has 0 radical (unpaired) electrons. The highest BCUT2D eigenvalue weighted by molar-refractivity contribution is 6.09. The van der Waals surface area contributed by atoms with Crippen LogP contribution in [-0.2, 0) is 0 Å². The predicted molar refractivity (Wildman–Crippen MR) is 171 cm³/mol. The van der Waals surface area contributed by atoms with Crippen molar-refractivity contribution in [1.82, 2.24) is 29.5 Å². The first-order chi connectivity index (χ1) is 21.3. The second-order valence-corrected chi connectivity index (χ2v) is 10.3. The smallest absolute Gasteiger partial charge is 0.160 e. The molecule has 0 N–H and O–H groups in total. The summed E-state index contributed by atoms with van der Waals surface area (Å²) >= 11 is 0. The summed E-state index contributed by atoms with van der Waals surface area (Å²) in [4.78, 5) is 23.7. The van der Waals surface area contributed by atoms with Gasteiger partial charge in [0.1, 0.15) is 0 Å².